The molecule has 0 saturated heterocycles. The Bertz CT molecular complexity index is 1490. The van der Waals surface area contributed by atoms with Gasteiger partial charge in [0.15, 0.2) is 11.6 Å². The van der Waals surface area contributed by atoms with Gasteiger partial charge in [0.2, 0.25) is 0 Å². The number of hydrogen-bond donors (Lipinski definition) is 2. The van der Waals surface area contributed by atoms with Crippen molar-refractivity contribution in [3.8, 4) is 0 Å². The molecule has 0 spiro atoms. The zero-order valence-corrected chi connectivity index (χ0v) is 31.1. The molecule has 2 N–H and O–H groups in total. The zero-order valence-electron chi connectivity index (χ0n) is 31.1. The number of rotatable bonds is 2. The van der Waals surface area contributed by atoms with E-state index < -0.39 is 46.9 Å². The average molecular weight is 679 g/mol. The SMILES string of the molecule is COC(=O)C12CC(=O)C(C(C)C)CC(=O)C(C)=CCCC(C)=CC(=O)C1CC(C)=C1CC(O)C(C)(O)C3CC=C(C)C(CCC(C)=CC12)O3. The predicted molar refractivity (Wildman–Crippen MR) is 189 cm³/mol. The van der Waals surface area contributed by atoms with E-state index in [2.05, 4.69) is 6.08 Å². The number of ether oxygens (including phenoxy) is 2. The average Bonchev–Trinajstić information content (AvgIpc) is 3.03. The van der Waals surface area contributed by atoms with Crippen LogP contribution in [0, 0.1) is 29.1 Å². The monoisotopic (exact) mass is 678 g/mol. The van der Waals surface area contributed by atoms with Crippen LogP contribution in [0.3, 0.4) is 0 Å². The van der Waals surface area contributed by atoms with E-state index in [1.807, 2.05) is 53.7 Å². The second-order valence-electron chi connectivity index (χ2n) is 15.8. The summed E-state index contributed by atoms with van der Waals surface area (Å²) in [6.07, 6.45) is 8.15. The minimum atomic E-state index is -1.64. The Labute approximate surface area is 292 Å². The molecule has 0 saturated carbocycles. The fourth-order valence-electron chi connectivity index (χ4n) is 8.44. The maximum atomic E-state index is 14.6. The molecule has 4 rings (SSSR count). The van der Waals surface area contributed by atoms with Gasteiger partial charge in [-0.05, 0) is 110 Å². The summed E-state index contributed by atoms with van der Waals surface area (Å²) < 4.78 is 12.0. The lowest BCUT2D eigenvalue weighted by Crippen LogP contribution is -2.55. The molecule has 2 heterocycles. The fourth-order valence-corrected chi connectivity index (χ4v) is 8.44. The van der Waals surface area contributed by atoms with Crippen molar-refractivity contribution in [2.24, 2.45) is 29.1 Å². The van der Waals surface area contributed by atoms with Crippen LogP contribution in [-0.4, -0.2) is 64.6 Å². The Hall–Kier alpha value is -2.94. The summed E-state index contributed by atoms with van der Waals surface area (Å²) in [5, 5.41) is 23.6. The molecule has 0 amide bonds. The molecule has 49 heavy (non-hydrogen) atoms. The predicted octanol–water partition coefficient (Wildman–Crippen LogP) is 6.89. The number of hydrogen-bond acceptors (Lipinski definition) is 8. The van der Waals surface area contributed by atoms with Crippen molar-refractivity contribution in [2.75, 3.05) is 7.11 Å². The Balaban J connectivity index is 2.00. The number of Topliss-reactive ketones (excluding diaryl/α,β-unsaturated/α-hetero) is 2. The third-order valence-corrected chi connectivity index (χ3v) is 11.9. The van der Waals surface area contributed by atoms with E-state index in [0.717, 1.165) is 22.3 Å². The Morgan fingerprint density at radius 1 is 1.00 bits per heavy atom. The van der Waals surface area contributed by atoms with Crippen LogP contribution in [0.5, 0.6) is 0 Å². The van der Waals surface area contributed by atoms with Crippen LogP contribution in [0.15, 0.2) is 57.7 Å². The van der Waals surface area contributed by atoms with Crippen LogP contribution < -0.4 is 0 Å². The van der Waals surface area contributed by atoms with E-state index in [1.165, 1.54) is 7.11 Å². The molecule has 8 heteroatoms. The van der Waals surface area contributed by atoms with Crippen molar-refractivity contribution >= 4 is 23.3 Å². The molecule has 0 aromatic heterocycles. The number of esters is 1. The molecule has 0 aromatic rings. The normalized spacial score (nSPS) is 35.8. The van der Waals surface area contributed by atoms with Crippen LogP contribution >= 0.6 is 0 Å². The fraction of sp³-hybridized carbons (Fsp3) is 0.659. The summed E-state index contributed by atoms with van der Waals surface area (Å²) in [6, 6.07) is 0. The van der Waals surface area contributed by atoms with Crippen LogP contribution in [0.25, 0.3) is 0 Å². The molecule has 2 aliphatic heterocycles. The van der Waals surface area contributed by atoms with E-state index in [0.29, 0.717) is 43.3 Å². The molecule has 0 fully saturated rings. The van der Waals surface area contributed by atoms with Gasteiger partial charge in [-0.15, -0.1) is 0 Å². The highest BCUT2D eigenvalue weighted by atomic mass is 16.5. The molecule has 8 unspecified atom stereocenters. The molecular formula is C41H58O8. The van der Waals surface area contributed by atoms with Crippen LogP contribution in [-0.2, 0) is 28.7 Å². The van der Waals surface area contributed by atoms with Gasteiger partial charge in [0, 0.05) is 30.6 Å². The standard InChI is InChI=1S/C41H58O8/c1-23(2)29-20-33(42)26(5)12-10-11-24(3)18-34(43)32-19-28(7)30-21-37(45)40(8,47)38-16-14-27(6)36(49-38)15-13-25(4)17-31(30)41(32,22-35(29)44)39(46)48-9/h12,14,17-18,23,29,31-32,36-38,45,47H,10-11,13,15-16,19-22H2,1-9H3. The highest BCUT2D eigenvalue weighted by molar-refractivity contribution is 6.02. The Morgan fingerprint density at radius 2 is 1.69 bits per heavy atom. The van der Waals surface area contributed by atoms with Gasteiger partial charge in [-0.25, -0.2) is 0 Å². The molecular weight excluding hydrogens is 620 g/mol. The van der Waals surface area contributed by atoms with Gasteiger partial charge in [-0.2, -0.15) is 0 Å². The minimum absolute atomic E-state index is 0.0132. The van der Waals surface area contributed by atoms with Gasteiger partial charge in [0.05, 0.1) is 30.8 Å². The van der Waals surface area contributed by atoms with Crippen molar-refractivity contribution < 1.29 is 38.9 Å². The number of aliphatic hydroxyl groups is 2. The molecule has 270 valence electrons. The van der Waals surface area contributed by atoms with Crippen molar-refractivity contribution in [2.45, 2.75) is 137 Å². The van der Waals surface area contributed by atoms with Crippen LogP contribution in [0.4, 0.5) is 0 Å². The molecule has 8 nitrogen and oxygen atoms in total. The first-order valence-corrected chi connectivity index (χ1v) is 18.0. The van der Waals surface area contributed by atoms with Crippen molar-refractivity contribution in [1.82, 2.24) is 0 Å². The number of allylic oxidation sites excluding steroid dienone is 7. The highest BCUT2D eigenvalue weighted by Gasteiger charge is 2.59. The van der Waals surface area contributed by atoms with Crippen molar-refractivity contribution in [3.63, 3.8) is 0 Å². The minimum Gasteiger partial charge on any atom is -0.469 e. The first-order chi connectivity index (χ1) is 22.9. The van der Waals surface area contributed by atoms with Gasteiger partial charge in [-0.1, -0.05) is 54.4 Å². The number of methoxy groups -OCH3 is 1. The Kier molecular flexibility index (Phi) is 12.3. The van der Waals surface area contributed by atoms with E-state index in [9.17, 15) is 29.4 Å². The maximum absolute atomic E-state index is 14.6. The lowest BCUT2D eigenvalue weighted by Gasteiger charge is -2.49. The molecule has 0 radical (unpaired) electrons. The summed E-state index contributed by atoms with van der Waals surface area (Å²) in [6.45, 7) is 15.0. The molecule has 0 aromatic carbocycles. The van der Waals surface area contributed by atoms with E-state index in [4.69, 9.17) is 9.47 Å². The van der Waals surface area contributed by atoms with Crippen molar-refractivity contribution in [3.05, 3.63) is 57.7 Å². The van der Waals surface area contributed by atoms with Gasteiger partial charge < -0.3 is 19.7 Å². The van der Waals surface area contributed by atoms with Gasteiger partial charge in [0.25, 0.3) is 0 Å². The van der Waals surface area contributed by atoms with Crippen LogP contribution in [0.1, 0.15) is 113 Å². The quantitative estimate of drug-likeness (QED) is 0.239. The van der Waals surface area contributed by atoms with E-state index >= 15 is 0 Å². The number of ketones is 3. The highest BCUT2D eigenvalue weighted by Crippen LogP contribution is 2.55. The molecule has 2 bridgehead atoms. The number of carbonyl (C=O) groups is 4. The van der Waals surface area contributed by atoms with Crippen molar-refractivity contribution in [1.29, 1.82) is 0 Å². The molecule has 8 atom stereocenters. The number of aliphatic hydroxyl groups excluding tert-OH is 1. The lowest BCUT2D eigenvalue weighted by molar-refractivity contribution is -0.173. The number of carbonyl (C=O) groups excluding carboxylic acids is 4. The third kappa shape index (κ3) is 8.02. The number of fused-ring (bicyclic) bond motifs is 5. The molecule has 2 aliphatic carbocycles. The summed E-state index contributed by atoms with van der Waals surface area (Å²) in [5.74, 6) is -3.81. The largest absolute Gasteiger partial charge is 0.469 e. The summed E-state index contributed by atoms with van der Waals surface area (Å²) in [5.41, 5.74) is 1.73. The maximum Gasteiger partial charge on any atom is 0.313 e. The third-order valence-electron chi connectivity index (χ3n) is 11.9. The topological polar surface area (TPSA) is 127 Å². The van der Waals surface area contributed by atoms with Gasteiger partial charge in [-0.3, -0.25) is 19.2 Å². The second kappa shape index (κ2) is 15.5. The lowest BCUT2D eigenvalue weighted by atomic mass is 9.53. The van der Waals surface area contributed by atoms with Gasteiger partial charge >= 0.3 is 5.97 Å². The van der Waals surface area contributed by atoms with Crippen LogP contribution in [0.2, 0.25) is 0 Å². The van der Waals surface area contributed by atoms with E-state index in [1.54, 1.807) is 19.9 Å². The van der Waals surface area contributed by atoms with E-state index in [-0.39, 0.29) is 55.1 Å². The summed E-state index contributed by atoms with van der Waals surface area (Å²) in [7, 11) is 1.29. The second-order valence-corrected chi connectivity index (χ2v) is 15.8. The summed E-state index contributed by atoms with van der Waals surface area (Å²) in [4.78, 5) is 57.1. The Morgan fingerprint density at radius 3 is 2.35 bits per heavy atom. The first-order valence-electron chi connectivity index (χ1n) is 18.0. The molecule has 4 aliphatic rings. The smallest absolute Gasteiger partial charge is 0.313 e. The zero-order chi connectivity index (χ0) is 36.4. The first kappa shape index (κ1) is 38.9. The van der Waals surface area contributed by atoms with Gasteiger partial charge in [0.1, 0.15) is 11.4 Å². The summed E-state index contributed by atoms with van der Waals surface area (Å²) >= 11 is 0.